The Bertz CT molecular complexity index is 371. The number of nitrogens with one attached hydrogen (secondary N) is 1. The molecular weight excluding hydrogens is 262 g/mol. The van der Waals surface area contributed by atoms with Gasteiger partial charge in [0.15, 0.2) is 0 Å². The molecule has 4 heteroatoms. The first-order valence-electron chi connectivity index (χ1n) is 6.78. The minimum absolute atomic E-state index is 0.365. The third-order valence-corrected chi connectivity index (χ3v) is 3.31. The van der Waals surface area contributed by atoms with E-state index in [-0.39, 0.29) is 0 Å². The van der Waals surface area contributed by atoms with Crippen molar-refractivity contribution in [3.05, 3.63) is 28.8 Å². The molecule has 1 N–H and O–H groups in total. The summed E-state index contributed by atoms with van der Waals surface area (Å²) < 4.78 is 10.9. The minimum atomic E-state index is 0.365. The van der Waals surface area contributed by atoms with E-state index in [4.69, 9.17) is 21.1 Å². The van der Waals surface area contributed by atoms with Crippen molar-refractivity contribution in [3.63, 3.8) is 0 Å². The quantitative estimate of drug-likeness (QED) is 0.706. The normalized spacial score (nSPS) is 12.4. The lowest BCUT2D eigenvalue weighted by Crippen LogP contribution is -2.29. The lowest BCUT2D eigenvalue weighted by Gasteiger charge is -2.18. The Balaban J connectivity index is 2.56. The maximum atomic E-state index is 6.05. The van der Waals surface area contributed by atoms with E-state index in [1.54, 1.807) is 7.11 Å². The molecule has 0 radical (unpaired) electrons. The molecule has 1 aromatic rings. The zero-order valence-corrected chi connectivity index (χ0v) is 12.8. The van der Waals surface area contributed by atoms with E-state index in [0.717, 1.165) is 48.8 Å². The van der Waals surface area contributed by atoms with Crippen LogP contribution in [0.4, 0.5) is 0 Å². The third kappa shape index (κ3) is 5.81. The molecular formula is C15H24ClNO2. The molecule has 0 heterocycles. The van der Waals surface area contributed by atoms with Gasteiger partial charge >= 0.3 is 0 Å². The smallest absolute Gasteiger partial charge is 0.122 e. The lowest BCUT2D eigenvalue weighted by atomic mass is 10.0. The van der Waals surface area contributed by atoms with Gasteiger partial charge in [0.05, 0.1) is 7.11 Å². The molecule has 0 saturated heterocycles. The predicted octanol–water partition coefficient (Wildman–Crippen LogP) is 3.30. The third-order valence-electron chi connectivity index (χ3n) is 3.08. The molecule has 0 fully saturated rings. The fourth-order valence-electron chi connectivity index (χ4n) is 1.99. The number of halogens is 1. The predicted molar refractivity (Wildman–Crippen MR) is 80.3 cm³/mol. The average molecular weight is 286 g/mol. The van der Waals surface area contributed by atoms with Crippen molar-refractivity contribution in [2.45, 2.75) is 32.2 Å². The first-order chi connectivity index (χ1) is 9.21. The van der Waals surface area contributed by atoms with E-state index in [2.05, 4.69) is 12.2 Å². The number of hydrogen-bond donors (Lipinski definition) is 1. The summed E-state index contributed by atoms with van der Waals surface area (Å²) in [6.45, 7) is 3.73. The average Bonchev–Trinajstić information content (AvgIpc) is 2.42. The number of rotatable bonds is 9. The van der Waals surface area contributed by atoms with Crippen LogP contribution in [0.15, 0.2) is 18.2 Å². The summed E-state index contributed by atoms with van der Waals surface area (Å²) in [5.74, 6) is 0.888. The van der Waals surface area contributed by atoms with Gasteiger partial charge in [-0.2, -0.15) is 0 Å². The van der Waals surface area contributed by atoms with Crippen LogP contribution in [0.5, 0.6) is 5.75 Å². The van der Waals surface area contributed by atoms with E-state index in [0.29, 0.717) is 6.04 Å². The van der Waals surface area contributed by atoms with Gasteiger partial charge in [-0.15, -0.1) is 0 Å². The summed E-state index contributed by atoms with van der Waals surface area (Å²) in [6.07, 6.45) is 2.92. The summed E-state index contributed by atoms with van der Waals surface area (Å²) >= 11 is 6.05. The molecule has 0 aliphatic heterocycles. The first kappa shape index (κ1) is 16.3. The molecule has 3 nitrogen and oxygen atoms in total. The van der Waals surface area contributed by atoms with E-state index < -0.39 is 0 Å². The van der Waals surface area contributed by atoms with Gasteiger partial charge in [-0.25, -0.2) is 0 Å². The number of hydrogen-bond acceptors (Lipinski definition) is 3. The van der Waals surface area contributed by atoms with Crippen LogP contribution in [0.3, 0.4) is 0 Å². The molecule has 0 aliphatic carbocycles. The van der Waals surface area contributed by atoms with Crippen LogP contribution in [-0.2, 0) is 11.2 Å². The Hall–Kier alpha value is -0.770. The van der Waals surface area contributed by atoms with Crippen LogP contribution >= 0.6 is 11.6 Å². The second kappa shape index (κ2) is 9.18. The van der Waals surface area contributed by atoms with Gasteiger partial charge in [0, 0.05) is 24.3 Å². The summed E-state index contributed by atoms with van der Waals surface area (Å²) in [5, 5.41) is 4.06. The van der Waals surface area contributed by atoms with Gasteiger partial charge in [-0.3, -0.25) is 0 Å². The standard InChI is InChI=1S/C15H24ClNO2/c1-4-8-19-9-7-14(17-2)11-12-10-13(16)5-6-15(12)18-3/h5-6,10,14,17H,4,7-9,11H2,1-3H3. The van der Waals surface area contributed by atoms with Gasteiger partial charge in [0.25, 0.3) is 0 Å². The molecule has 0 aliphatic rings. The highest BCUT2D eigenvalue weighted by Gasteiger charge is 2.11. The highest BCUT2D eigenvalue weighted by atomic mass is 35.5. The van der Waals surface area contributed by atoms with E-state index in [1.807, 2.05) is 25.2 Å². The van der Waals surface area contributed by atoms with Crippen LogP contribution in [0.25, 0.3) is 0 Å². The Morgan fingerprint density at radius 1 is 1.32 bits per heavy atom. The molecule has 0 aromatic heterocycles. The summed E-state index contributed by atoms with van der Waals surface area (Å²) in [7, 11) is 3.66. The van der Waals surface area contributed by atoms with Gasteiger partial charge in [-0.05, 0) is 50.1 Å². The monoisotopic (exact) mass is 285 g/mol. The summed E-state index contributed by atoms with van der Waals surface area (Å²) in [6, 6.07) is 6.10. The van der Waals surface area contributed by atoms with Crippen LogP contribution in [0.2, 0.25) is 5.02 Å². The number of likely N-dealkylation sites (N-methyl/N-ethyl adjacent to an activating group) is 1. The van der Waals surface area contributed by atoms with Crippen LogP contribution < -0.4 is 10.1 Å². The van der Waals surface area contributed by atoms with Crippen molar-refractivity contribution in [1.82, 2.24) is 5.32 Å². The van der Waals surface area contributed by atoms with Crippen molar-refractivity contribution in [2.24, 2.45) is 0 Å². The van der Waals surface area contributed by atoms with E-state index >= 15 is 0 Å². The Kier molecular flexibility index (Phi) is 7.87. The first-order valence-corrected chi connectivity index (χ1v) is 7.16. The summed E-state index contributed by atoms with van der Waals surface area (Å²) in [4.78, 5) is 0. The number of benzene rings is 1. The minimum Gasteiger partial charge on any atom is -0.496 e. The van der Waals surface area contributed by atoms with Gasteiger partial charge in [0.2, 0.25) is 0 Å². The molecule has 19 heavy (non-hydrogen) atoms. The zero-order valence-electron chi connectivity index (χ0n) is 12.0. The lowest BCUT2D eigenvalue weighted by molar-refractivity contribution is 0.125. The molecule has 0 bridgehead atoms. The Morgan fingerprint density at radius 2 is 2.11 bits per heavy atom. The number of methoxy groups -OCH3 is 1. The molecule has 1 unspecified atom stereocenters. The Labute approximate surface area is 121 Å². The second-order valence-electron chi connectivity index (χ2n) is 4.55. The highest BCUT2D eigenvalue weighted by molar-refractivity contribution is 6.30. The highest BCUT2D eigenvalue weighted by Crippen LogP contribution is 2.24. The van der Waals surface area contributed by atoms with E-state index in [1.165, 1.54) is 0 Å². The van der Waals surface area contributed by atoms with E-state index in [9.17, 15) is 0 Å². The van der Waals surface area contributed by atoms with Crippen molar-refractivity contribution in [2.75, 3.05) is 27.4 Å². The van der Waals surface area contributed by atoms with Gasteiger partial charge in [0.1, 0.15) is 5.75 Å². The van der Waals surface area contributed by atoms with Crippen molar-refractivity contribution >= 4 is 11.6 Å². The molecule has 1 atom stereocenters. The maximum Gasteiger partial charge on any atom is 0.122 e. The zero-order chi connectivity index (χ0) is 14.1. The summed E-state index contributed by atoms with van der Waals surface area (Å²) in [5.41, 5.74) is 1.13. The maximum absolute atomic E-state index is 6.05. The van der Waals surface area contributed by atoms with Crippen LogP contribution in [0, 0.1) is 0 Å². The topological polar surface area (TPSA) is 30.5 Å². The fraction of sp³-hybridized carbons (Fsp3) is 0.600. The van der Waals surface area contributed by atoms with Crippen molar-refractivity contribution < 1.29 is 9.47 Å². The van der Waals surface area contributed by atoms with Gasteiger partial charge < -0.3 is 14.8 Å². The number of ether oxygens (including phenoxy) is 2. The molecule has 108 valence electrons. The molecule has 1 aromatic carbocycles. The van der Waals surface area contributed by atoms with Gasteiger partial charge in [-0.1, -0.05) is 18.5 Å². The Morgan fingerprint density at radius 3 is 2.74 bits per heavy atom. The fourth-order valence-corrected chi connectivity index (χ4v) is 2.19. The second-order valence-corrected chi connectivity index (χ2v) is 4.98. The molecule has 1 rings (SSSR count). The van der Waals surface area contributed by atoms with Crippen molar-refractivity contribution in [3.8, 4) is 5.75 Å². The molecule has 0 amide bonds. The SMILES string of the molecule is CCCOCCC(Cc1cc(Cl)ccc1OC)NC. The van der Waals surface area contributed by atoms with Crippen LogP contribution in [0.1, 0.15) is 25.3 Å². The van der Waals surface area contributed by atoms with Crippen molar-refractivity contribution in [1.29, 1.82) is 0 Å². The molecule has 0 spiro atoms. The van der Waals surface area contributed by atoms with Crippen LogP contribution in [-0.4, -0.2) is 33.4 Å². The molecule has 0 saturated carbocycles. The largest absolute Gasteiger partial charge is 0.496 e.